The Hall–Kier alpha value is -3.99. The number of carbonyl (C=O) groups is 5. The van der Waals surface area contributed by atoms with Crippen molar-refractivity contribution in [2.24, 2.45) is 0 Å². The van der Waals surface area contributed by atoms with Crippen molar-refractivity contribution in [3.63, 3.8) is 0 Å². The lowest BCUT2D eigenvalue weighted by molar-refractivity contribution is -0.143. The second-order valence-electron chi connectivity index (χ2n) is 7.73. The predicted octanol–water partition coefficient (Wildman–Crippen LogP) is 2.54. The minimum atomic E-state index is -0.731. The van der Waals surface area contributed by atoms with Crippen molar-refractivity contribution in [2.45, 2.75) is 25.8 Å². The number of nitrogens with zero attached hydrogens (tertiary/aromatic N) is 1. The van der Waals surface area contributed by atoms with Gasteiger partial charge in [-0.2, -0.15) is 0 Å². The van der Waals surface area contributed by atoms with Gasteiger partial charge in [0.15, 0.2) is 0 Å². The normalized spacial score (nSPS) is 17.1. The highest BCUT2D eigenvalue weighted by atomic mass is 32.1. The molecule has 11 heteroatoms. The molecule has 0 radical (unpaired) electrons. The van der Waals surface area contributed by atoms with E-state index in [2.05, 4.69) is 10.6 Å². The average Bonchev–Trinajstić information content (AvgIpc) is 3.46. The molecule has 0 fully saturated rings. The molecule has 0 saturated heterocycles. The summed E-state index contributed by atoms with van der Waals surface area (Å²) in [6.45, 7) is 1.54. The monoisotopic (exact) mass is 497 g/mol. The number of hydrogen-bond acceptors (Lipinski definition) is 8. The summed E-state index contributed by atoms with van der Waals surface area (Å²) in [5, 5.41) is 7.05. The van der Waals surface area contributed by atoms with Gasteiger partial charge in [-0.15, -0.1) is 11.3 Å². The van der Waals surface area contributed by atoms with Crippen LogP contribution in [0.3, 0.4) is 0 Å². The second kappa shape index (κ2) is 10.5. The molecular formula is C24H23N3O7S. The molecule has 182 valence electrons. The molecule has 1 aromatic carbocycles. The quantitative estimate of drug-likeness (QED) is 0.402. The summed E-state index contributed by atoms with van der Waals surface area (Å²) in [4.78, 5) is 63.9. The van der Waals surface area contributed by atoms with E-state index in [0.29, 0.717) is 11.1 Å². The van der Waals surface area contributed by atoms with Crippen LogP contribution in [0.4, 0.5) is 4.79 Å². The van der Waals surface area contributed by atoms with Gasteiger partial charge in [-0.3, -0.25) is 19.3 Å². The third kappa shape index (κ3) is 5.09. The van der Waals surface area contributed by atoms with Crippen LogP contribution in [0.25, 0.3) is 0 Å². The minimum Gasteiger partial charge on any atom is -0.463 e. The SMILES string of the molecule is CCOC(=O)C1=C(COC(=O)CCCN2C(=O)c3ccccc3C2=O)NC(=O)N[C@@H]1c1cccs1. The van der Waals surface area contributed by atoms with Crippen LogP contribution in [0.2, 0.25) is 0 Å². The van der Waals surface area contributed by atoms with Crippen LogP contribution in [0.1, 0.15) is 51.4 Å². The number of benzene rings is 1. The Labute approximate surface area is 204 Å². The molecule has 0 unspecified atom stereocenters. The number of amides is 4. The third-order valence-electron chi connectivity index (χ3n) is 5.49. The summed E-state index contributed by atoms with van der Waals surface area (Å²) in [5.41, 5.74) is 0.993. The topological polar surface area (TPSA) is 131 Å². The molecule has 1 atom stereocenters. The van der Waals surface area contributed by atoms with E-state index >= 15 is 0 Å². The van der Waals surface area contributed by atoms with Gasteiger partial charge in [-0.25, -0.2) is 9.59 Å². The van der Waals surface area contributed by atoms with Crippen LogP contribution < -0.4 is 10.6 Å². The third-order valence-corrected chi connectivity index (χ3v) is 6.43. The first kappa shape index (κ1) is 24.1. The molecule has 3 heterocycles. The number of rotatable bonds is 9. The van der Waals surface area contributed by atoms with Crippen LogP contribution in [0.15, 0.2) is 53.0 Å². The van der Waals surface area contributed by atoms with E-state index in [1.54, 1.807) is 43.3 Å². The van der Waals surface area contributed by atoms with Crippen molar-refractivity contribution in [2.75, 3.05) is 19.8 Å². The van der Waals surface area contributed by atoms with Crippen molar-refractivity contribution in [3.05, 3.63) is 69.1 Å². The summed E-state index contributed by atoms with van der Waals surface area (Å²) in [6, 6.07) is 8.87. The Morgan fingerprint density at radius 1 is 1.03 bits per heavy atom. The maximum absolute atomic E-state index is 12.7. The molecule has 0 bridgehead atoms. The smallest absolute Gasteiger partial charge is 0.338 e. The molecule has 4 rings (SSSR count). The van der Waals surface area contributed by atoms with E-state index < -0.39 is 24.0 Å². The summed E-state index contributed by atoms with van der Waals surface area (Å²) < 4.78 is 10.5. The van der Waals surface area contributed by atoms with Gasteiger partial charge in [-0.1, -0.05) is 18.2 Å². The highest BCUT2D eigenvalue weighted by Gasteiger charge is 2.36. The largest absolute Gasteiger partial charge is 0.463 e. The Balaban J connectivity index is 1.38. The lowest BCUT2D eigenvalue weighted by Gasteiger charge is -2.28. The Bertz CT molecular complexity index is 1170. The molecule has 2 aliphatic heterocycles. The van der Waals surface area contributed by atoms with E-state index in [1.165, 1.54) is 11.3 Å². The molecule has 10 nitrogen and oxygen atoms in total. The van der Waals surface area contributed by atoms with Crippen LogP contribution in [0.5, 0.6) is 0 Å². The van der Waals surface area contributed by atoms with E-state index in [0.717, 1.165) is 9.78 Å². The first-order valence-corrected chi connectivity index (χ1v) is 11.9. The Morgan fingerprint density at radius 3 is 2.37 bits per heavy atom. The van der Waals surface area contributed by atoms with E-state index in [1.807, 2.05) is 5.38 Å². The standard InChI is InChI=1S/C24H23N3O7S/c1-2-33-23(31)19-16(25-24(32)26-20(19)17-9-6-12-35-17)13-34-18(28)10-5-11-27-21(29)14-7-3-4-8-15(14)22(27)30/h3-4,6-9,12,20H,2,5,10-11,13H2,1H3,(H2,25,26,32)/t20-/m1/s1. The summed E-state index contributed by atoms with van der Waals surface area (Å²) >= 11 is 1.36. The van der Waals surface area contributed by atoms with Crippen LogP contribution in [-0.4, -0.2) is 54.4 Å². The van der Waals surface area contributed by atoms with Crippen LogP contribution >= 0.6 is 11.3 Å². The first-order chi connectivity index (χ1) is 16.9. The molecule has 2 aromatic rings. The summed E-state index contributed by atoms with van der Waals surface area (Å²) in [6.07, 6.45) is 0.149. The zero-order valence-electron chi connectivity index (χ0n) is 18.9. The number of hydrogen-bond donors (Lipinski definition) is 2. The number of esters is 2. The second-order valence-corrected chi connectivity index (χ2v) is 8.71. The molecule has 4 amide bonds. The lowest BCUT2D eigenvalue weighted by Crippen LogP contribution is -2.46. The molecule has 0 saturated carbocycles. The molecule has 0 aliphatic carbocycles. The number of thiophene rings is 1. The van der Waals surface area contributed by atoms with Gasteiger partial charge in [0, 0.05) is 17.8 Å². The fourth-order valence-corrected chi connectivity index (χ4v) is 4.68. The Morgan fingerprint density at radius 2 is 1.74 bits per heavy atom. The predicted molar refractivity (Wildman–Crippen MR) is 124 cm³/mol. The molecular weight excluding hydrogens is 474 g/mol. The van der Waals surface area contributed by atoms with Crippen molar-refractivity contribution in [1.29, 1.82) is 0 Å². The van der Waals surface area contributed by atoms with Gasteiger partial charge in [0.2, 0.25) is 0 Å². The van der Waals surface area contributed by atoms with E-state index in [9.17, 15) is 24.0 Å². The zero-order valence-corrected chi connectivity index (χ0v) is 19.7. The van der Waals surface area contributed by atoms with Crippen LogP contribution in [-0.2, 0) is 19.1 Å². The van der Waals surface area contributed by atoms with Gasteiger partial charge in [0.1, 0.15) is 6.61 Å². The number of urea groups is 1. The fraction of sp³-hybridized carbons (Fsp3) is 0.292. The number of carbonyl (C=O) groups excluding carboxylic acids is 5. The van der Waals surface area contributed by atoms with Gasteiger partial charge in [0.05, 0.1) is 35.0 Å². The highest BCUT2D eigenvalue weighted by molar-refractivity contribution is 7.10. The average molecular weight is 498 g/mol. The number of fused-ring (bicyclic) bond motifs is 1. The first-order valence-electron chi connectivity index (χ1n) is 11.0. The summed E-state index contributed by atoms with van der Waals surface area (Å²) in [5.74, 6) is -2.01. The molecule has 0 spiro atoms. The Kier molecular flexibility index (Phi) is 7.25. The van der Waals surface area contributed by atoms with Crippen molar-refractivity contribution >= 4 is 41.1 Å². The van der Waals surface area contributed by atoms with E-state index in [-0.39, 0.29) is 55.7 Å². The maximum Gasteiger partial charge on any atom is 0.338 e. The minimum absolute atomic E-state index is 0.0595. The number of ether oxygens (including phenoxy) is 2. The fourth-order valence-electron chi connectivity index (χ4n) is 3.90. The van der Waals surface area contributed by atoms with Crippen molar-refractivity contribution in [3.8, 4) is 0 Å². The summed E-state index contributed by atoms with van der Waals surface area (Å²) in [7, 11) is 0. The maximum atomic E-state index is 12.7. The van der Waals surface area contributed by atoms with Crippen molar-refractivity contribution in [1.82, 2.24) is 15.5 Å². The van der Waals surface area contributed by atoms with Gasteiger partial charge in [-0.05, 0) is 36.9 Å². The lowest BCUT2D eigenvalue weighted by atomic mass is 10.0. The van der Waals surface area contributed by atoms with E-state index in [4.69, 9.17) is 9.47 Å². The van der Waals surface area contributed by atoms with Crippen LogP contribution in [0, 0.1) is 0 Å². The molecule has 2 N–H and O–H groups in total. The molecule has 1 aromatic heterocycles. The van der Waals surface area contributed by atoms with Gasteiger partial charge >= 0.3 is 18.0 Å². The van der Waals surface area contributed by atoms with Gasteiger partial charge < -0.3 is 20.1 Å². The number of nitrogens with one attached hydrogen (secondary N) is 2. The van der Waals surface area contributed by atoms with Crippen molar-refractivity contribution < 1.29 is 33.4 Å². The number of imide groups is 1. The zero-order chi connectivity index (χ0) is 24.9. The molecule has 2 aliphatic rings. The van der Waals surface area contributed by atoms with Gasteiger partial charge in [0.25, 0.3) is 11.8 Å². The highest BCUT2D eigenvalue weighted by Crippen LogP contribution is 2.31. The molecule has 35 heavy (non-hydrogen) atoms.